The van der Waals surface area contributed by atoms with Crippen LogP contribution in [0.25, 0.3) is 0 Å². The maximum Gasteiger partial charge on any atom is 0.134 e. The number of aromatic nitrogens is 2. The van der Waals surface area contributed by atoms with Crippen LogP contribution in [0.1, 0.15) is 84.6 Å². The van der Waals surface area contributed by atoms with Gasteiger partial charge in [0.2, 0.25) is 0 Å². The lowest BCUT2D eigenvalue weighted by molar-refractivity contribution is 0.502. The first-order valence-electron chi connectivity index (χ1n) is 7.52. The molecule has 0 amide bonds. The van der Waals surface area contributed by atoms with Gasteiger partial charge in [-0.05, 0) is 18.4 Å². The minimum atomic E-state index is 0.00869. The molecule has 1 rings (SSSR count). The van der Waals surface area contributed by atoms with Gasteiger partial charge in [-0.15, -0.1) is 0 Å². The Hall–Kier alpha value is -0.920. The Morgan fingerprint density at radius 3 is 1.79 bits per heavy atom. The normalized spacial score (nSPS) is 12.8. The number of hydrogen-bond donors (Lipinski definition) is 0. The van der Waals surface area contributed by atoms with E-state index >= 15 is 0 Å². The Labute approximate surface area is 119 Å². The molecule has 0 bridgehead atoms. The topological polar surface area (TPSA) is 25.8 Å². The summed E-state index contributed by atoms with van der Waals surface area (Å²) in [5, 5.41) is 0. The van der Waals surface area contributed by atoms with E-state index in [1.54, 1.807) is 0 Å². The van der Waals surface area contributed by atoms with Crippen molar-refractivity contribution in [2.75, 3.05) is 0 Å². The molecule has 0 saturated carbocycles. The van der Waals surface area contributed by atoms with E-state index < -0.39 is 0 Å². The Balaban J connectivity index is 3.55. The monoisotopic (exact) mass is 262 g/mol. The third kappa shape index (κ3) is 3.77. The molecule has 1 aromatic heterocycles. The molecule has 0 N–H and O–H groups in total. The molecule has 1 heterocycles. The van der Waals surface area contributed by atoms with Crippen LogP contribution in [0, 0.1) is 0 Å². The van der Waals surface area contributed by atoms with Gasteiger partial charge in [0.25, 0.3) is 0 Å². The van der Waals surface area contributed by atoms with Crippen molar-refractivity contribution in [2.24, 2.45) is 0 Å². The maximum absolute atomic E-state index is 4.92. The fourth-order valence-corrected chi connectivity index (χ4v) is 2.30. The Kier molecular flexibility index (Phi) is 4.76. The standard InChI is InChI=1S/C17H30N2/c1-9-11-13-12(10-2)14(16(3,4)5)19-15(18-13)17(6,7)8/h9-11H2,1-8H3. The lowest BCUT2D eigenvalue weighted by Gasteiger charge is -2.27. The molecular formula is C17H30N2. The van der Waals surface area contributed by atoms with Crippen molar-refractivity contribution in [1.29, 1.82) is 0 Å². The van der Waals surface area contributed by atoms with Crippen LogP contribution in [0.5, 0.6) is 0 Å². The van der Waals surface area contributed by atoms with Crippen LogP contribution < -0.4 is 0 Å². The van der Waals surface area contributed by atoms with Gasteiger partial charge in [0.15, 0.2) is 0 Å². The third-order valence-electron chi connectivity index (χ3n) is 3.31. The molecule has 0 spiro atoms. The summed E-state index contributed by atoms with van der Waals surface area (Å²) < 4.78 is 0. The van der Waals surface area contributed by atoms with Crippen molar-refractivity contribution in [1.82, 2.24) is 9.97 Å². The molecule has 0 saturated heterocycles. The smallest absolute Gasteiger partial charge is 0.134 e. The molecule has 0 unspecified atom stereocenters. The first kappa shape index (κ1) is 16.1. The lowest BCUT2D eigenvalue weighted by Crippen LogP contribution is -2.25. The molecule has 2 nitrogen and oxygen atoms in total. The zero-order chi connectivity index (χ0) is 14.8. The van der Waals surface area contributed by atoms with Crippen molar-refractivity contribution < 1.29 is 0 Å². The Bertz CT molecular complexity index is 434. The molecule has 0 atom stereocenters. The summed E-state index contributed by atoms with van der Waals surface area (Å²) in [5.41, 5.74) is 3.95. The van der Waals surface area contributed by atoms with Gasteiger partial charge >= 0.3 is 0 Å². The zero-order valence-corrected chi connectivity index (χ0v) is 14.0. The molecule has 0 fully saturated rings. The third-order valence-corrected chi connectivity index (χ3v) is 3.31. The van der Waals surface area contributed by atoms with E-state index in [4.69, 9.17) is 9.97 Å². The highest BCUT2D eigenvalue weighted by Gasteiger charge is 2.26. The molecule has 19 heavy (non-hydrogen) atoms. The van der Waals surface area contributed by atoms with Gasteiger partial charge in [-0.25, -0.2) is 9.97 Å². The molecule has 0 aliphatic heterocycles. The first-order chi connectivity index (χ1) is 8.61. The van der Waals surface area contributed by atoms with Gasteiger partial charge in [0, 0.05) is 16.5 Å². The maximum atomic E-state index is 4.92. The summed E-state index contributed by atoms with van der Waals surface area (Å²) in [4.78, 5) is 9.79. The Morgan fingerprint density at radius 1 is 0.842 bits per heavy atom. The van der Waals surface area contributed by atoms with E-state index in [1.807, 2.05) is 0 Å². The fourth-order valence-electron chi connectivity index (χ4n) is 2.30. The molecule has 0 aliphatic carbocycles. The second-order valence-corrected chi connectivity index (χ2v) is 7.42. The summed E-state index contributed by atoms with van der Waals surface area (Å²) in [6.07, 6.45) is 3.21. The van der Waals surface area contributed by atoms with E-state index in [9.17, 15) is 0 Å². The Morgan fingerprint density at radius 2 is 1.42 bits per heavy atom. The SMILES string of the molecule is CCCc1nc(C(C)(C)C)nc(C(C)(C)C)c1CC. The number of aryl methyl sites for hydroxylation is 1. The van der Waals surface area contributed by atoms with Gasteiger partial charge in [-0.2, -0.15) is 0 Å². The molecule has 2 heteroatoms. The number of nitrogens with zero attached hydrogens (tertiary/aromatic N) is 2. The molecule has 0 aromatic carbocycles. The second-order valence-electron chi connectivity index (χ2n) is 7.42. The summed E-state index contributed by atoms with van der Waals surface area (Å²) in [5.74, 6) is 0.984. The molecule has 1 aromatic rings. The van der Waals surface area contributed by atoms with Crippen LogP contribution >= 0.6 is 0 Å². The minimum absolute atomic E-state index is 0.00869. The van der Waals surface area contributed by atoms with E-state index in [1.165, 1.54) is 17.0 Å². The number of rotatable bonds is 3. The average Bonchev–Trinajstić information content (AvgIpc) is 2.26. The van der Waals surface area contributed by atoms with Crippen LogP contribution in [0.3, 0.4) is 0 Å². The largest absolute Gasteiger partial charge is 0.237 e. The zero-order valence-electron chi connectivity index (χ0n) is 14.0. The van der Waals surface area contributed by atoms with Crippen molar-refractivity contribution in [3.05, 3.63) is 22.8 Å². The van der Waals surface area contributed by atoms with Crippen molar-refractivity contribution in [2.45, 2.75) is 85.5 Å². The molecule has 0 aliphatic rings. The van der Waals surface area contributed by atoms with Gasteiger partial charge in [-0.3, -0.25) is 0 Å². The molecular weight excluding hydrogens is 232 g/mol. The fraction of sp³-hybridized carbons (Fsp3) is 0.765. The quantitative estimate of drug-likeness (QED) is 0.796. The summed E-state index contributed by atoms with van der Waals surface area (Å²) >= 11 is 0. The predicted octanol–water partition coefficient (Wildman–Crippen LogP) is 4.59. The number of hydrogen-bond acceptors (Lipinski definition) is 2. The highest BCUT2D eigenvalue weighted by Crippen LogP contribution is 2.29. The highest BCUT2D eigenvalue weighted by molar-refractivity contribution is 5.32. The van der Waals surface area contributed by atoms with E-state index in [0.717, 1.165) is 25.1 Å². The average molecular weight is 262 g/mol. The van der Waals surface area contributed by atoms with Gasteiger partial charge in [-0.1, -0.05) is 61.8 Å². The first-order valence-corrected chi connectivity index (χ1v) is 7.52. The van der Waals surface area contributed by atoms with E-state index in [2.05, 4.69) is 55.4 Å². The minimum Gasteiger partial charge on any atom is -0.237 e. The second kappa shape index (κ2) is 5.60. The van der Waals surface area contributed by atoms with E-state index in [0.29, 0.717) is 0 Å². The van der Waals surface area contributed by atoms with Gasteiger partial charge in [0.05, 0.1) is 5.69 Å². The lowest BCUT2D eigenvalue weighted by atomic mass is 9.85. The van der Waals surface area contributed by atoms with Crippen LogP contribution in [-0.2, 0) is 23.7 Å². The van der Waals surface area contributed by atoms with Crippen molar-refractivity contribution in [3.63, 3.8) is 0 Å². The van der Waals surface area contributed by atoms with E-state index in [-0.39, 0.29) is 10.8 Å². The summed E-state index contributed by atoms with van der Waals surface area (Å²) in [6, 6.07) is 0. The molecule has 108 valence electrons. The van der Waals surface area contributed by atoms with Crippen LogP contribution in [0.2, 0.25) is 0 Å². The van der Waals surface area contributed by atoms with Gasteiger partial charge in [0.1, 0.15) is 5.82 Å². The summed E-state index contributed by atoms with van der Waals surface area (Å²) in [7, 11) is 0. The predicted molar refractivity (Wildman–Crippen MR) is 82.8 cm³/mol. The summed E-state index contributed by atoms with van der Waals surface area (Å²) in [6.45, 7) is 17.7. The van der Waals surface area contributed by atoms with Crippen LogP contribution in [-0.4, -0.2) is 9.97 Å². The van der Waals surface area contributed by atoms with Crippen molar-refractivity contribution in [3.8, 4) is 0 Å². The molecule has 0 radical (unpaired) electrons. The van der Waals surface area contributed by atoms with Crippen LogP contribution in [0.15, 0.2) is 0 Å². The van der Waals surface area contributed by atoms with Gasteiger partial charge < -0.3 is 0 Å². The van der Waals surface area contributed by atoms with Crippen LogP contribution in [0.4, 0.5) is 0 Å². The highest BCUT2D eigenvalue weighted by atomic mass is 14.9. The van der Waals surface area contributed by atoms with Crippen molar-refractivity contribution >= 4 is 0 Å².